The predicted octanol–water partition coefficient (Wildman–Crippen LogP) is 5.79. The van der Waals surface area contributed by atoms with Gasteiger partial charge < -0.3 is 0 Å². The molecule has 0 radical (unpaired) electrons. The fraction of sp³-hybridized carbons (Fsp3) is 0.250. The van der Waals surface area contributed by atoms with Gasteiger partial charge in [0.05, 0.1) is 21.3 Å². The van der Waals surface area contributed by atoms with E-state index in [1.54, 1.807) is 13.3 Å². The summed E-state index contributed by atoms with van der Waals surface area (Å²) >= 11 is 19.5. The highest BCUT2D eigenvalue weighted by molar-refractivity contribution is 7.98. The number of halogens is 6. The Morgan fingerprint density at radius 1 is 1.14 bits per heavy atom. The van der Waals surface area contributed by atoms with Crippen molar-refractivity contribution in [2.45, 2.75) is 11.2 Å². The molecule has 0 spiro atoms. The molecule has 0 saturated carbocycles. The first-order chi connectivity index (χ1) is 9.66. The Morgan fingerprint density at radius 2 is 1.67 bits per heavy atom. The molecule has 0 unspecified atom stereocenters. The molecule has 0 saturated heterocycles. The normalized spacial score (nSPS) is 12.0. The van der Waals surface area contributed by atoms with Gasteiger partial charge in [-0.2, -0.15) is 18.3 Å². The maximum absolute atomic E-state index is 12.7. The van der Waals surface area contributed by atoms with Crippen molar-refractivity contribution >= 4 is 46.6 Å². The topological polar surface area (TPSA) is 17.8 Å². The summed E-state index contributed by atoms with van der Waals surface area (Å²) in [6.45, 7) is 0. The van der Waals surface area contributed by atoms with Crippen molar-refractivity contribution in [1.82, 2.24) is 9.78 Å². The number of alkyl halides is 3. The molecule has 0 fully saturated rings. The number of hydrogen-bond acceptors (Lipinski definition) is 2. The quantitative estimate of drug-likeness (QED) is 0.618. The van der Waals surface area contributed by atoms with Crippen molar-refractivity contribution in [1.29, 1.82) is 0 Å². The summed E-state index contributed by atoms with van der Waals surface area (Å²) in [5.41, 5.74) is -0.305. The van der Waals surface area contributed by atoms with E-state index >= 15 is 0 Å². The first-order valence-electron chi connectivity index (χ1n) is 5.50. The van der Waals surface area contributed by atoms with Crippen LogP contribution in [0.15, 0.2) is 17.2 Å². The van der Waals surface area contributed by atoms with Crippen molar-refractivity contribution in [3.05, 3.63) is 32.8 Å². The molecule has 1 heterocycles. The number of rotatable bonds is 2. The Balaban J connectivity index is 2.69. The van der Waals surface area contributed by atoms with Gasteiger partial charge in [-0.3, -0.25) is 4.68 Å². The van der Waals surface area contributed by atoms with Gasteiger partial charge in [0, 0.05) is 12.6 Å². The molecular weight excluding hydrogens is 368 g/mol. The number of thioether (sulfide) groups is 1. The number of aromatic nitrogens is 2. The van der Waals surface area contributed by atoms with Crippen LogP contribution in [0.2, 0.25) is 15.1 Å². The van der Waals surface area contributed by atoms with Gasteiger partial charge in [-0.1, -0.05) is 34.8 Å². The number of aryl methyl sites for hydroxylation is 1. The first kappa shape index (κ1) is 16.8. The summed E-state index contributed by atoms with van der Waals surface area (Å²) in [6, 6.07) is 1.65. The molecular formula is C12H8Cl3F3N2S. The molecule has 0 aliphatic rings. The van der Waals surface area contributed by atoms with E-state index in [1.165, 1.54) is 16.4 Å². The van der Waals surface area contributed by atoms with Crippen molar-refractivity contribution < 1.29 is 13.2 Å². The second-order valence-corrected chi connectivity index (χ2v) is 6.10. The Hall–Kier alpha value is -0.560. The molecule has 0 atom stereocenters. The van der Waals surface area contributed by atoms with Gasteiger partial charge in [0.15, 0.2) is 0 Å². The fourth-order valence-corrected chi connectivity index (χ4v) is 3.47. The fourth-order valence-electron chi connectivity index (χ4n) is 1.84. The van der Waals surface area contributed by atoms with Crippen LogP contribution in [0, 0.1) is 0 Å². The highest BCUT2D eigenvalue weighted by atomic mass is 35.5. The van der Waals surface area contributed by atoms with Crippen LogP contribution < -0.4 is 0 Å². The zero-order valence-electron chi connectivity index (χ0n) is 10.7. The molecule has 21 heavy (non-hydrogen) atoms. The maximum atomic E-state index is 12.7. The second kappa shape index (κ2) is 5.91. The molecule has 9 heteroatoms. The molecule has 1 aromatic heterocycles. The molecule has 0 aliphatic carbocycles. The maximum Gasteiger partial charge on any atom is 0.416 e. The van der Waals surface area contributed by atoms with E-state index in [0.717, 1.165) is 12.1 Å². The average Bonchev–Trinajstić information content (AvgIpc) is 2.64. The van der Waals surface area contributed by atoms with Crippen LogP contribution in [0.25, 0.3) is 11.3 Å². The number of hydrogen-bond donors (Lipinski definition) is 0. The molecule has 0 aliphatic heterocycles. The summed E-state index contributed by atoms with van der Waals surface area (Å²) in [4.78, 5) is 0. The molecule has 2 nitrogen and oxygen atoms in total. The molecule has 0 bridgehead atoms. The minimum Gasteiger partial charge on any atom is -0.265 e. The summed E-state index contributed by atoms with van der Waals surface area (Å²) in [6.07, 6.45) is -2.74. The van der Waals surface area contributed by atoms with Crippen molar-refractivity contribution in [2.24, 2.45) is 7.05 Å². The van der Waals surface area contributed by atoms with E-state index in [4.69, 9.17) is 34.8 Å². The molecule has 2 rings (SSSR count). The predicted molar refractivity (Wildman–Crippen MR) is 80.5 cm³/mol. The highest BCUT2D eigenvalue weighted by Crippen LogP contribution is 2.44. The molecule has 0 amide bonds. The first-order valence-corrected chi connectivity index (χ1v) is 7.85. The third-order valence-electron chi connectivity index (χ3n) is 2.76. The van der Waals surface area contributed by atoms with Crippen LogP contribution in [-0.2, 0) is 13.2 Å². The standard InChI is InChI=1S/C12H8Cl3F3N2S/c1-20-10(9(15)11(19-20)21-2)8-6(13)3-5(4-7(8)14)12(16,17)18/h3-4H,1-2H3. The summed E-state index contributed by atoms with van der Waals surface area (Å²) < 4.78 is 39.6. The Morgan fingerprint density at radius 3 is 2.05 bits per heavy atom. The average molecular weight is 376 g/mol. The Labute approximate surface area is 138 Å². The van der Waals surface area contributed by atoms with Gasteiger partial charge in [0.25, 0.3) is 0 Å². The smallest absolute Gasteiger partial charge is 0.265 e. The third-order valence-corrected chi connectivity index (χ3v) is 4.50. The van der Waals surface area contributed by atoms with E-state index in [0.29, 0.717) is 15.7 Å². The van der Waals surface area contributed by atoms with Gasteiger partial charge in [-0.05, 0) is 18.4 Å². The largest absolute Gasteiger partial charge is 0.416 e. The lowest BCUT2D eigenvalue weighted by Crippen LogP contribution is -2.05. The number of nitrogens with zero attached hydrogens (tertiary/aromatic N) is 2. The van der Waals surface area contributed by atoms with Gasteiger partial charge in [-0.25, -0.2) is 0 Å². The Kier molecular flexibility index (Phi) is 4.73. The van der Waals surface area contributed by atoms with Crippen LogP contribution in [0.5, 0.6) is 0 Å². The highest BCUT2D eigenvalue weighted by Gasteiger charge is 2.33. The molecule has 1 aromatic carbocycles. The van der Waals surface area contributed by atoms with Gasteiger partial charge in [-0.15, -0.1) is 11.8 Å². The third kappa shape index (κ3) is 3.13. The second-order valence-electron chi connectivity index (χ2n) is 4.11. The van der Waals surface area contributed by atoms with E-state index in [1.807, 2.05) is 0 Å². The SMILES string of the molecule is CSc1nn(C)c(-c2c(Cl)cc(C(F)(F)F)cc2Cl)c1Cl. The monoisotopic (exact) mass is 374 g/mol. The lowest BCUT2D eigenvalue weighted by molar-refractivity contribution is -0.137. The van der Waals surface area contributed by atoms with E-state index in [-0.39, 0.29) is 15.6 Å². The Bertz CT molecular complexity index is 675. The molecule has 0 N–H and O–H groups in total. The lowest BCUT2D eigenvalue weighted by atomic mass is 10.1. The van der Waals surface area contributed by atoms with Gasteiger partial charge in [0.1, 0.15) is 10.0 Å². The van der Waals surface area contributed by atoms with Crippen molar-refractivity contribution in [3.8, 4) is 11.3 Å². The molecule has 2 aromatic rings. The van der Waals surface area contributed by atoms with Gasteiger partial charge >= 0.3 is 6.18 Å². The van der Waals surface area contributed by atoms with Crippen LogP contribution in [0.4, 0.5) is 13.2 Å². The summed E-state index contributed by atoms with van der Waals surface area (Å²) in [7, 11) is 1.62. The van der Waals surface area contributed by atoms with Crippen molar-refractivity contribution in [3.63, 3.8) is 0 Å². The van der Waals surface area contributed by atoms with Crippen LogP contribution in [-0.4, -0.2) is 16.0 Å². The lowest BCUT2D eigenvalue weighted by Gasteiger charge is -2.12. The van der Waals surface area contributed by atoms with Crippen LogP contribution >= 0.6 is 46.6 Å². The minimum absolute atomic E-state index is 0.132. The summed E-state index contributed by atoms with van der Waals surface area (Å²) in [5.74, 6) is 0. The summed E-state index contributed by atoms with van der Waals surface area (Å²) in [5, 5.41) is 4.74. The molecule has 114 valence electrons. The van der Waals surface area contributed by atoms with Crippen LogP contribution in [0.1, 0.15) is 5.56 Å². The number of benzene rings is 1. The van der Waals surface area contributed by atoms with E-state index < -0.39 is 11.7 Å². The van der Waals surface area contributed by atoms with E-state index in [9.17, 15) is 13.2 Å². The van der Waals surface area contributed by atoms with E-state index in [2.05, 4.69) is 5.10 Å². The van der Waals surface area contributed by atoms with Crippen molar-refractivity contribution in [2.75, 3.05) is 6.26 Å². The zero-order valence-corrected chi connectivity index (χ0v) is 13.8. The van der Waals surface area contributed by atoms with Crippen LogP contribution in [0.3, 0.4) is 0 Å². The minimum atomic E-state index is -4.52. The zero-order chi connectivity index (χ0) is 15.9. The van der Waals surface area contributed by atoms with Gasteiger partial charge in [0.2, 0.25) is 0 Å².